The maximum absolute atomic E-state index is 11.6. The van der Waals surface area contributed by atoms with Crippen molar-refractivity contribution >= 4 is 5.91 Å². The smallest absolute Gasteiger partial charge is 0.217 e. The predicted molar refractivity (Wildman–Crippen MR) is 113 cm³/mol. The molecule has 0 aromatic rings. The number of aliphatic hydroxyl groups is 10. The predicted octanol–water partition coefficient (Wildman–Crippen LogP) is -7.43. The normalized spacial score (nSPS) is 49.0. The summed E-state index contributed by atoms with van der Waals surface area (Å²) in [5.74, 6) is -0.645. The molecule has 0 radical (unpaired) electrons. The third kappa shape index (κ3) is 6.38. The van der Waals surface area contributed by atoms with Gasteiger partial charge in [-0.3, -0.25) is 4.79 Å². The Morgan fingerprint density at radius 2 is 1.11 bits per heavy atom. The third-order valence-electron chi connectivity index (χ3n) is 6.50. The van der Waals surface area contributed by atoms with Crippen LogP contribution in [0.15, 0.2) is 0 Å². The van der Waals surface area contributed by atoms with Gasteiger partial charge in [0.2, 0.25) is 5.91 Å². The molecule has 3 heterocycles. The third-order valence-corrected chi connectivity index (χ3v) is 6.50. The topological polar surface area (TPSA) is 278 Å². The monoisotopic (exact) mass is 545 g/mol. The minimum absolute atomic E-state index is 0.645. The summed E-state index contributed by atoms with van der Waals surface area (Å²) in [6.45, 7) is -1.23. The zero-order valence-corrected chi connectivity index (χ0v) is 19.7. The quantitative estimate of drug-likeness (QED) is 0.135. The highest BCUT2D eigenvalue weighted by atomic mass is 16.7. The minimum atomic E-state index is -1.93. The molecule has 17 nitrogen and oxygen atoms in total. The number of amides is 1. The van der Waals surface area contributed by atoms with Gasteiger partial charge in [-0.1, -0.05) is 0 Å². The molecule has 17 heteroatoms. The van der Waals surface area contributed by atoms with E-state index in [2.05, 4.69) is 5.32 Å². The highest BCUT2D eigenvalue weighted by Crippen LogP contribution is 2.32. The minimum Gasteiger partial charge on any atom is -0.394 e. The van der Waals surface area contributed by atoms with Crippen molar-refractivity contribution in [3.05, 3.63) is 0 Å². The summed E-state index contributed by atoms with van der Waals surface area (Å²) >= 11 is 0. The van der Waals surface area contributed by atoms with Crippen molar-refractivity contribution in [1.82, 2.24) is 5.32 Å². The molecule has 3 rings (SSSR count). The fraction of sp³-hybridized carbons (Fsp3) is 0.950. The van der Waals surface area contributed by atoms with Crippen LogP contribution >= 0.6 is 0 Å². The van der Waals surface area contributed by atoms with Gasteiger partial charge >= 0.3 is 0 Å². The zero-order valence-electron chi connectivity index (χ0n) is 19.7. The van der Waals surface area contributed by atoms with Crippen LogP contribution in [0.25, 0.3) is 0 Å². The van der Waals surface area contributed by atoms with E-state index < -0.39 is 118 Å². The molecule has 1 amide bonds. The molecule has 37 heavy (non-hydrogen) atoms. The van der Waals surface area contributed by atoms with E-state index in [1.807, 2.05) is 0 Å². The van der Waals surface area contributed by atoms with Crippen LogP contribution in [-0.2, 0) is 28.5 Å². The van der Waals surface area contributed by atoms with E-state index in [4.69, 9.17) is 23.7 Å². The van der Waals surface area contributed by atoms with E-state index >= 15 is 0 Å². The summed E-state index contributed by atoms with van der Waals surface area (Å²) in [4.78, 5) is 11.6. The first-order valence-electron chi connectivity index (χ1n) is 11.6. The highest BCUT2D eigenvalue weighted by Gasteiger charge is 2.53. The second-order valence-electron chi connectivity index (χ2n) is 9.07. The van der Waals surface area contributed by atoms with Crippen LogP contribution in [0, 0.1) is 0 Å². The first kappa shape index (κ1) is 30.4. The standard InChI is InChI=1S/C20H35NO16/c1-5(25)21-9-16(11(27)7(3-23)33-18(9)32)36-20-15(31)17(12(28)8(4-24)35-20)37-19-14(30)13(29)10(26)6(2-22)34-19/h6-20,22-24,26-32H,2-4H2,1H3,(H,21,25)/t6-,7-,8-,9-,10-,11-,12-,13+,14+,15+,16-,17+,18+,19-,20-/m1/s1. The van der Waals surface area contributed by atoms with Crippen molar-refractivity contribution in [2.75, 3.05) is 19.8 Å². The first-order chi connectivity index (χ1) is 17.4. The van der Waals surface area contributed by atoms with Crippen LogP contribution in [-0.4, -0.2) is 169 Å². The second kappa shape index (κ2) is 12.8. The van der Waals surface area contributed by atoms with Gasteiger partial charge in [0, 0.05) is 6.92 Å². The number of ether oxygens (including phenoxy) is 5. The Kier molecular flexibility index (Phi) is 10.5. The summed E-state index contributed by atoms with van der Waals surface area (Å²) in [5.41, 5.74) is 0. The average molecular weight is 545 g/mol. The largest absolute Gasteiger partial charge is 0.394 e. The molecule has 11 N–H and O–H groups in total. The lowest BCUT2D eigenvalue weighted by atomic mass is 9.95. The maximum Gasteiger partial charge on any atom is 0.217 e. The summed E-state index contributed by atoms with van der Waals surface area (Å²) in [5, 5.41) is 103. The Hall–Kier alpha value is -1.13. The number of hydrogen-bond donors (Lipinski definition) is 11. The van der Waals surface area contributed by atoms with E-state index in [0.29, 0.717) is 0 Å². The molecule has 0 aromatic heterocycles. The lowest BCUT2D eigenvalue weighted by Crippen LogP contribution is -2.68. The molecule has 0 aliphatic carbocycles. The summed E-state index contributed by atoms with van der Waals surface area (Å²) in [6.07, 6.45) is -23.5. The fourth-order valence-corrected chi connectivity index (χ4v) is 4.45. The van der Waals surface area contributed by atoms with Gasteiger partial charge in [-0.05, 0) is 0 Å². The van der Waals surface area contributed by atoms with Gasteiger partial charge in [0.1, 0.15) is 73.2 Å². The number of carbonyl (C=O) groups excluding carboxylic acids is 1. The Morgan fingerprint density at radius 1 is 0.649 bits per heavy atom. The number of carbonyl (C=O) groups is 1. The Labute approximate surface area is 210 Å². The van der Waals surface area contributed by atoms with E-state index in [-0.39, 0.29) is 0 Å². The van der Waals surface area contributed by atoms with Gasteiger partial charge in [-0.15, -0.1) is 0 Å². The number of aliphatic hydroxyl groups excluding tert-OH is 10. The molecule has 3 saturated heterocycles. The lowest BCUT2D eigenvalue weighted by molar-refractivity contribution is -0.373. The molecule has 3 aliphatic rings. The summed E-state index contributed by atoms with van der Waals surface area (Å²) in [7, 11) is 0. The van der Waals surface area contributed by atoms with Gasteiger partial charge in [0.15, 0.2) is 18.9 Å². The molecule has 0 unspecified atom stereocenters. The van der Waals surface area contributed by atoms with Crippen molar-refractivity contribution in [2.45, 2.75) is 99.0 Å². The lowest BCUT2D eigenvalue weighted by Gasteiger charge is -2.48. The Bertz CT molecular complexity index is 745. The molecular weight excluding hydrogens is 510 g/mol. The molecule has 15 atom stereocenters. The van der Waals surface area contributed by atoms with Crippen molar-refractivity contribution < 1.29 is 79.5 Å². The van der Waals surface area contributed by atoms with E-state index in [1.54, 1.807) is 0 Å². The molecule has 3 aliphatic heterocycles. The molecular formula is C20H35NO16. The molecule has 216 valence electrons. The molecule has 0 saturated carbocycles. The van der Waals surface area contributed by atoms with Crippen LogP contribution in [0.5, 0.6) is 0 Å². The zero-order chi connectivity index (χ0) is 27.6. The van der Waals surface area contributed by atoms with Crippen LogP contribution in [0.4, 0.5) is 0 Å². The van der Waals surface area contributed by atoms with Gasteiger partial charge in [0.05, 0.1) is 19.8 Å². The second-order valence-corrected chi connectivity index (χ2v) is 9.07. The first-order valence-corrected chi connectivity index (χ1v) is 11.6. The van der Waals surface area contributed by atoms with Crippen LogP contribution in [0.2, 0.25) is 0 Å². The van der Waals surface area contributed by atoms with Crippen LogP contribution < -0.4 is 5.32 Å². The highest BCUT2D eigenvalue weighted by molar-refractivity contribution is 5.73. The Morgan fingerprint density at radius 3 is 1.65 bits per heavy atom. The summed E-state index contributed by atoms with van der Waals surface area (Å²) in [6, 6.07) is -1.41. The maximum atomic E-state index is 11.6. The van der Waals surface area contributed by atoms with E-state index in [0.717, 1.165) is 6.92 Å². The van der Waals surface area contributed by atoms with Gasteiger partial charge in [-0.2, -0.15) is 0 Å². The number of hydrogen-bond acceptors (Lipinski definition) is 16. The fourth-order valence-electron chi connectivity index (χ4n) is 4.45. The van der Waals surface area contributed by atoms with Gasteiger partial charge in [-0.25, -0.2) is 0 Å². The average Bonchev–Trinajstić information content (AvgIpc) is 2.86. The number of nitrogens with one attached hydrogen (secondary N) is 1. The molecule has 0 spiro atoms. The molecule has 0 aromatic carbocycles. The SMILES string of the molecule is CC(=O)N[C@@H]1[C@@H](O[C@H]2O[C@H](CO)[C@@H](O)[C@H](O[C@H]3O[C@H](CO)[C@@H](O)[C@H](O)[C@@H]3O)[C@@H]2O)[C@H](O)[C@@H](CO)O[C@@H]1O. The van der Waals surface area contributed by atoms with Gasteiger partial charge < -0.3 is 80.1 Å². The van der Waals surface area contributed by atoms with E-state index in [9.17, 15) is 55.9 Å². The van der Waals surface area contributed by atoms with E-state index in [1.165, 1.54) is 0 Å². The van der Waals surface area contributed by atoms with Gasteiger partial charge in [0.25, 0.3) is 0 Å². The van der Waals surface area contributed by atoms with Crippen molar-refractivity contribution in [1.29, 1.82) is 0 Å². The van der Waals surface area contributed by atoms with Crippen LogP contribution in [0.1, 0.15) is 6.92 Å². The molecule has 0 bridgehead atoms. The van der Waals surface area contributed by atoms with Crippen molar-refractivity contribution in [3.8, 4) is 0 Å². The summed E-state index contributed by atoms with van der Waals surface area (Å²) < 4.78 is 26.9. The van der Waals surface area contributed by atoms with Crippen molar-refractivity contribution in [2.24, 2.45) is 0 Å². The van der Waals surface area contributed by atoms with Crippen molar-refractivity contribution in [3.63, 3.8) is 0 Å². The number of rotatable bonds is 8. The Balaban J connectivity index is 1.83. The van der Waals surface area contributed by atoms with Crippen LogP contribution in [0.3, 0.4) is 0 Å². The molecule has 3 fully saturated rings.